The second-order valence-electron chi connectivity index (χ2n) is 10.4. The monoisotopic (exact) mass is 611 g/mol. The Hall–Kier alpha value is -2.80. The summed E-state index contributed by atoms with van der Waals surface area (Å²) >= 11 is 7.20. The molecule has 1 aliphatic heterocycles. The van der Waals surface area contributed by atoms with Crippen LogP contribution in [0.4, 0.5) is 5.82 Å². The number of halogens is 2. The third-order valence-corrected chi connectivity index (χ3v) is 8.44. The molecule has 40 heavy (non-hydrogen) atoms. The lowest BCUT2D eigenvalue weighted by Gasteiger charge is -2.37. The molecule has 0 aromatic carbocycles. The number of anilines is 1. The molecule has 0 radical (unpaired) electrons. The van der Waals surface area contributed by atoms with Gasteiger partial charge >= 0.3 is 11.8 Å². The molecule has 218 valence electrons. The van der Waals surface area contributed by atoms with Crippen molar-refractivity contribution in [2.75, 3.05) is 26.0 Å². The van der Waals surface area contributed by atoms with Gasteiger partial charge in [-0.3, -0.25) is 24.1 Å². The number of thiazole rings is 1. The van der Waals surface area contributed by atoms with Gasteiger partial charge in [0.05, 0.1) is 16.8 Å². The average Bonchev–Trinajstić information content (AvgIpc) is 3.34. The van der Waals surface area contributed by atoms with Crippen molar-refractivity contribution in [1.29, 1.82) is 0 Å². The molecule has 3 heterocycles. The van der Waals surface area contributed by atoms with Crippen LogP contribution < -0.4 is 16.0 Å². The normalized spacial score (nSPS) is 20.6. The highest BCUT2D eigenvalue weighted by Crippen LogP contribution is 2.29. The topological polar surface area (TPSA) is 137 Å². The molecule has 0 spiro atoms. The highest BCUT2D eigenvalue weighted by molar-refractivity contribution is 7.13. The Morgan fingerprint density at radius 1 is 1.10 bits per heavy atom. The summed E-state index contributed by atoms with van der Waals surface area (Å²) in [4.78, 5) is 64.8. The second-order valence-corrected chi connectivity index (χ2v) is 11.9. The van der Waals surface area contributed by atoms with E-state index in [1.807, 2.05) is 0 Å². The van der Waals surface area contributed by atoms with Gasteiger partial charge in [0.1, 0.15) is 5.82 Å². The molecule has 3 N–H and O–H groups in total. The van der Waals surface area contributed by atoms with E-state index >= 15 is 0 Å². The SMILES string of the molecule is CC(C)N1CCc2nc(C(=O)N[C@@H]3C[C@@H](C(=O)N(C)C)CC[C@@H]3NC(=O)C(=O)Nc3ccc(Cl)cn3)sc2C1.Cl. The number of fused-ring (bicyclic) bond motifs is 1. The first-order valence-electron chi connectivity index (χ1n) is 13.0. The predicted octanol–water partition coefficient (Wildman–Crippen LogP) is 2.49. The Bertz CT molecular complexity index is 1240. The van der Waals surface area contributed by atoms with Crippen LogP contribution in [0.1, 0.15) is 53.5 Å². The van der Waals surface area contributed by atoms with Gasteiger partial charge in [-0.05, 0) is 45.2 Å². The number of nitrogens with one attached hydrogen (secondary N) is 3. The number of nitrogens with zero attached hydrogens (tertiary/aromatic N) is 4. The molecule has 2 aliphatic rings. The Morgan fingerprint density at radius 2 is 1.85 bits per heavy atom. The minimum atomic E-state index is -0.885. The summed E-state index contributed by atoms with van der Waals surface area (Å²) in [5.41, 5.74) is 0.948. The molecular formula is C26H35Cl2N7O4S. The summed E-state index contributed by atoms with van der Waals surface area (Å²) in [6.45, 7) is 5.95. The number of aromatic nitrogens is 2. The van der Waals surface area contributed by atoms with Gasteiger partial charge in [-0.15, -0.1) is 23.7 Å². The van der Waals surface area contributed by atoms with Gasteiger partial charge in [-0.2, -0.15) is 0 Å². The summed E-state index contributed by atoms with van der Waals surface area (Å²) < 4.78 is 0. The van der Waals surface area contributed by atoms with Crippen LogP contribution in [0.15, 0.2) is 18.3 Å². The molecule has 1 aliphatic carbocycles. The standard InChI is InChI=1S/C26H34ClN7O4S.ClH/c1-14(2)34-10-9-18-20(13-34)39-25(31-18)24(37)30-19-11-15(26(38)33(3)4)5-7-17(19)29-22(35)23(36)32-21-8-6-16(27)12-28-21;/h6,8,12,14-15,17,19H,5,7,9-11,13H2,1-4H3,(H,29,35)(H,30,37)(H,28,32,36);1H/t15-,17-,19+;/m0./s1. The van der Waals surface area contributed by atoms with E-state index in [0.717, 1.165) is 30.1 Å². The lowest BCUT2D eigenvalue weighted by molar-refractivity contribution is -0.137. The van der Waals surface area contributed by atoms with Crippen molar-refractivity contribution >= 4 is 64.8 Å². The van der Waals surface area contributed by atoms with Gasteiger partial charge in [-0.1, -0.05) is 11.6 Å². The Morgan fingerprint density at radius 3 is 2.50 bits per heavy atom. The van der Waals surface area contributed by atoms with Crippen molar-refractivity contribution in [2.24, 2.45) is 5.92 Å². The van der Waals surface area contributed by atoms with Crippen LogP contribution in [-0.2, 0) is 27.3 Å². The van der Waals surface area contributed by atoms with E-state index in [2.05, 4.69) is 44.7 Å². The maximum atomic E-state index is 13.3. The number of rotatable bonds is 6. The van der Waals surface area contributed by atoms with E-state index in [0.29, 0.717) is 35.3 Å². The third-order valence-electron chi connectivity index (χ3n) is 7.13. The zero-order chi connectivity index (χ0) is 28.3. The van der Waals surface area contributed by atoms with Crippen molar-refractivity contribution in [3.63, 3.8) is 0 Å². The first kappa shape index (κ1) is 31.7. The Balaban J connectivity index is 0.00000441. The van der Waals surface area contributed by atoms with E-state index in [1.54, 1.807) is 20.2 Å². The molecule has 4 amide bonds. The van der Waals surface area contributed by atoms with Gasteiger partial charge in [0, 0.05) is 62.7 Å². The molecule has 4 rings (SSSR count). The summed E-state index contributed by atoms with van der Waals surface area (Å²) in [5.74, 6) is -2.25. The zero-order valence-corrected chi connectivity index (χ0v) is 25.3. The molecule has 11 nitrogen and oxygen atoms in total. The average molecular weight is 613 g/mol. The second kappa shape index (κ2) is 13.7. The molecular weight excluding hydrogens is 577 g/mol. The smallest absolute Gasteiger partial charge is 0.314 e. The quantitative estimate of drug-likeness (QED) is 0.427. The van der Waals surface area contributed by atoms with Crippen LogP contribution in [0, 0.1) is 5.92 Å². The van der Waals surface area contributed by atoms with Gasteiger partial charge in [0.2, 0.25) is 5.91 Å². The summed E-state index contributed by atoms with van der Waals surface area (Å²) in [6.07, 6.45) is 3.42. The van der Waals surface area contributed by atoms with Gasteiger partial charge in [0.15, 0.2) is 5.01 Å². The number of carbonyl (C=O) groups excluding carboxylic acids is 4. The summed E-state index contributed by atoms with van der Waals surface area (Å²) in [5, 5.41) is 8.95. The molecule has 0 bridgehead atoms. The number of carbonyl (C=O) groups is 4. The van der Waals surface area contributed by atoms with E-state index in [1.165, 1.54) is 28.5 Å². The van der Waals surface area contributed by atoms with Crippen LogP contribution in [0.2, 0.25) is 5.02 Å². The predicted molar refractivity (Wildman–Crippen MR) is 156 cm³/mol. The van der Waals surface area contributed by atoms with Crippen LogP contribution in [0.25, 0.3) is 0 Å². The van der Waals surface area contributed by atoms with Gasteiger partial charge in [-0.25, -0.2) is 9.97 Å². The lowest BCUT2D eigenvalue weighted by Crippen LogP contribution is -2.57. The van der Waals surface area contributed by atoms with Crippen LogP contribution in [0.5, 0.6) is 0 Å². The maximum absolute atomic E-state index is 13.3. The van der Waals surface area contributed by atoms with Crippen molar-refractivity contribution in [3.8, 4) is 0 Å². The fraction of sp³-hybridized carbons (Fsp3) is 0.538. The lowest BCUT2D eigenvalue weighted by atomic mass is 9.81. The molecule has 14 heteroatoms. The number of hydrogen-bond acceptors (Lipinski definition) is 8. The maximum Gasteiger partial charge on any atom is 0.314 e. The fourth-order valence-corrected chi connectivity index (χ4v) is 6.08. The van der Waals surface area contributed by atoms with Crippen LogP contribution in [-0.4, -0.2) is 82.2 Å². The van der Waals surface area contributed by atoms with Gasteiger partial charge < -0.3 is 20.9 Å². The van der Waals surface area contributed by atoms with Crippen LogP contribution in [0.3, 0.4) is 0 Å². The highest BCUT2D eigenvalue weighted by Gasteiger charge is 2.37. The fourth-order valence-electron chi connectivity index (χ4n) is 4.93. The third kappa shape index (κ3) is 7.68. The zero-order valence-electron chi connectivity index (χ0n) is 22.9. The molecule has 2 aromatic heterocycles. The van der Waals surface area contributed by atoms with Gasteiger partial charge in [0.25, 0.3) is 5.91 Å². The van der Waals surface area contributed by atoms with Crippen molar-refractivity contribution in [3.05, 3.63) is 38.9 Å². The first-order valence-corrected chi connectivity index (χ1v) is 14.2. The molecule has 3 atom stereocenters. The number of pyridine rings is 1. The summed E-state index contributed by atoms with van der Waals surface area (Å²) in [7, 11) is 3.39. The largest absolute Gasteiger partial charge is 0.349 e. The van der Waals surface area contributed by atoms with Crippen molar-refractivity contribution in [1.82, 2.24) is 30.4 Å². The van der Waals surface area contributed by atoms with Crippen molar-refractivity contribution < 1.29 is 19.2 Å². The van der Waals surface area contributed by atoms with E-state index in [9.17, 15) is 19.2 Å². The first-order chi connectivity index (χ1) is 18.5. The van der Waals surface area contributed by atoms with E-state index in [4.69, 9.17) is 11.6 Å². The summed E-state index contributed by atoms with van der Waals surface area (Å²) in [6, 6.07) is 2.35. The van der Waals surface area contributed by atoms with Crippen LogP contribution >= 0.6 is 35.3 Å². The number of hydrogen-bond donors (Lipinski definition) is 3. The van der Waals surface area contributed by atoms with E-state index < -0.39 is 23.9 Å². The number of amides is 4. The minimum absolute atomic E-state index is 0. The van der Waals surface area contributed by atoms with Crippen molar-refractivity contribution in [2.45, 2.75) is 64.2 Å². The highest BCUT2D eigenvalue weighted by atomic mass is 35.5. The Labute approximate surface area is 248 Å². The molecule has 0 unspecified atom stereocenters. The molecule has 1 fully saturated rings. The molecule has 0 saturated heterocycles. The minimum Gasteiger partial charge on any atom is -0.349 e. The Kier molecular flexibility index (Phi) is 10.9. The molecule has 2 aromatic rings. The van der Waals surface area contributed by atoms with E-state index in [-0.39, 0.29) is 36.0 Å². The molecule has 1 saturated carbocycles.